The van der Waals surface area contributed by atoms with Crippen molar-refractivity contribution in [2.45, 2.75) is 47.1 Å². The standard InChI is InChI=1S/C18H27N5O3S/c1-7-25-17(24)15-11(3)21-16(27-15)12(4)22-18(19-6)20-9-8-14-10(2)23-26-13(14)5/h12H,7-9H2,1-6H3,(H2,19,20,22). The highest BCUT2D eigenvalue weighted by atomic mass is 32.1. The lowest BCUT2D eigenvalue weighted by Crippen LogP contribution is -2.39. The summed E-state index contributed by atoms with van der Waals surface area (Å²) in [5.41, 5.74) is 2.71. The highest BCUT2D eigenvalue weighted by Gasteiger charge is 2.20. The molecule has 8 nitrogen and oxygen atoms in total. The number of guanidine groups is 1. The lowest BCUT2D eigenvalue weighted by Gasteiger charge is -2.16. The number of ether oxygens (including phenoxy) is 1. The molecule has 148 valence electrons. The van der Waals surface area contributed by atoms with Crippen molar-refractivity contribution in [2.75, 3.05) is 20.2 Å². The maximum absolute atomic E-state index is 12.0. The Hall–Kier alpha value is -2.42. The highest BCUT2D eigenvalue weighted by Crippen LogP contribution is 2.24. The molecule has 0 bridgehead atoms. The molecule has 27 heavy (non-hydrogen) atoms. The van der Waals surface area contributed by atoms with E-state index in [9.17, 15) is 4.79 Å². The molecule has 0 saturated carbocycles. The Kier molecular flexibility index (Phi) is 7.35. The van der Waals surface area contributed by atoms with Crippen molar-refractivity contribution >= 4 is 23.3 Å². The molecule has 1 unspecified atom stereocenters. The van der Waals surface area contributed by atoms with Crippen LogP contribution in [-0.4, -0.2) is 42.3 Å². The SMILES string of the molecule is CCOC(=O)c1sc(C(C)NC(=NC)NCCc2c(C)noc2C)nc1C. The minimum atomic E-state index is -0.326. The lowest BCUT2D eigenvalue weighted by molar-refractivity contribution is 0.0531. The monoisotopic (exact) mass is 393 g/mol. The number of rotatable bonds is 7. The summed E-state index contributed by atoms with van der Waals surface area (Å²) in [6, 6.07) is -0.0952. The number of esters is 1. The molecule has 0 aromatic carbocycles. The van der Waals surface area contributed by atoms with E-state index in [2.05, 4.69) is 25.8 Å². The number of carbonyl (C=O) groups excluding carboxylic acids is 1. The first kappa shape index (κ1) is 20.9. The van der Waals surface area contributed by atoms with Gasteiger partial charge in [-0.2, -0.15) is 0 Å². The molecule has 2 aromatic rings. The van der Waals surface area contributed by atoms with Crippen LogP contribution in [-0.2, 0) is 11.2 Å². The summed E-state index contributed by atoms with van der Waals surface area (Å²) in [6.07, 6.45) is 0.791. The first-order valence-electron chi connectivity index (χ1n) is 8.90. The van der Waals surface area contributed by atoms with Crippen LogP contribution in [0.4, 0.5) is 0 Å². The number of thiazole rings is 1. The number of nitrogens with one attached hydrogen (secondary N) is 2. The Balaban J connectivity index is 1.94. The van der Waals surface area contributed by atoms with Gasteiger partial charge in [0.2, 0.25) is 0 Å². The maximum atomic E-state index is 12.0. The second-order valence-electron chi connectivity index (χ2n) is 6.10. The Morgan fingerprint density at radius 2 is 2.07 bits per heavy atom. The first-order valence-corrected chi connectivity index (χ1v) is 9.72. The van der Waals surface area contributed by atoms with Crippen molar-refractivity contribution in [3.05, 3.63) is 32.6 Å². The molecule has 2 rings (SSSR count). The third-order valence-corrected chi connectivity index (χ3v) is 5.39. The van der Waals surface area contributed by atoms with Crippen LogP contribution < -0.4 is 10.6 Å². The van der Waals surface area contributed by atoms with E-state index in [1.165, 1.54) is 11.3 Å². The van der Waals surface area contributed by atoms with Crippen LogP contribution in [0.2, 0.25) is 0 Å². The number of aromatic nitrogens is 2. The predicted octanol–water partition coefficient (Wildman–Crippen LogP) is 2.70. The van der Waals surface area contributed by atoms with Crippen molar-refractivity contribution in [2.24, 2.45) is 4.99 Å². The van der Waals surface area contributed by atoms with Gasteiger partial charge in [0.1, 0.15) is 15.6 Å². The van der Waals surface area contributed by atoms with Gasteiger partial charge in [0.15, 0.2) is 5.96 Å². The average Bonchev–Trinajstić information content (AvgIpc) is 3.17. The van der Waals surface area contributed by atoms with Gasteiger partial charge in [0.05, 0.1) is 24.0 Å². The fourth-order valence-corrected chi connectivity index (χ4v) is 3.58. The summed E-state index contributed by atoms with van der Waals surface area (Å²) in [4.78, 5) is 21.3. The van der Waals surface area contributed by atoms with Crippen LogP contribution in [0.5, 0.6) is 0 Å². The van der Waals surface area contributed by atoms with Crippen molar-refractivity contribution in [3.8, 4) is 0 Å². The molecule has 0 saturated heterocycles. The Morgan fingerprint density at radius 3 is 2.67 bits per heavy atom. The van der Waals surface area contributed by atoms with E-state index in [4.69, 9.17) is 9.26 Å². The van der Waals surface area contributed by atoms with Crippen molar-refractivity contribution in [3.63, 3.8) is 0 Å². The van der Waals surface area contributed by atoms with E-state index < -0.39 is 0 Å². The normalized spacial score (nSPS) is 12.7. The number of hydrogen-bond acceptors (Lipinski definition) is 7. The van der Waals surface area contributed by atoms with E-state index in [0.717, 1.165) is 28.4 Å². The smallest absolute Gasteiger partial charge is 0.350 e. The van der Waals surface area contributed by atoms with Crippen molar-refractivity contribution in [1.29, 1.82) is 0 Å². The molecule has 0 aliphatic heterocycles. The summed E-state index contributed by atoms with van der Waals surface area (Å²) >= 11 is 1.34. The largest absolute Gasteiger partial charge is 0.462 e. The summed E-state index contributed by atoms with van der Waals surface area (Å²) in [7, 11) is 1.72. The van der Waals surface area contributed by atoms with E-state index in [1.54, 1.807) is 14.0 Å². The highest BCUT2D eigenvalue weighted by molar-refractivity contribution is 7.13. The van der Waals surface area contributed by atoms with Gasteiger partial charge in [0.25, 0.3) is 0 Å². The molecule has 1 atom stereocenters. The van der Waals surface area contributed by atoms with Gasteiger partial charge in [-0.25, -0.2) is 9.78 Å². The fourth-order valence-electron chi connectivity index (χ4n) is 2.61. The molecule has 0 radical (unpaired) electrons. The first-order chi connectivity index (χ1) is 12.9. The minimum absolute atomic E-state index is 0.0952. The van der Waals surface area contributed by atoms with E-state index >= 15 is 0 Å². The molecule has 0 spiro atoms. The molecule has 0 aliphatic rings. The Labute approximate surface area is 163 Å². The number of nitrogens with zero attached hydrogens (tertiary/aromatic N) is 3. The second kappa shape index (κ2) is 9.50. The summed E-state index contributed by atoms with van der Waals surface area (Å²) in [6.45, 7) is 10.5. The quantitative estimate of drug-likeness (QED) is 0.424. The molecule has 0 fully saturated rings. The zero-order valence-electron chi connectivity index (χ0n) is 16.7. The van der Waals surface area contributed by atoms with Crippen LogP contribution in [0.15, 0.2) is 9.52 Å². The molecule has 2 N–H and O–H groups in total. The minimum Gasteiger partial charge on any atom is -0.462 e. The molecular weight excluding hydrogens is 366 g/mol. The van der Waals surface area contributed by atoms with Gasteiger partial charge in [-0.3, -0.25) is 4.99 Å². The Morgan fingerprint density at radius 1 is 1.33 bits per heavy atom. The van der Waals surface area contributed by atoms with E-state index in [0.29, 0.717) is 29.7 Å². The van der Waals surface area contributed by atoms with Gasteiger partial charge in [-0.05, 0) is 41.0 Å². The molecule has 9 heteroatoms. The predicted molar refractivity (Wildman–Crippen MR) is 105 cm³/mol. The lowest BCUT2D eigenvalue weighted by atomic mass is 10.1. The van der Waals surface area contributed by atoms with Crippen LogP contribution in [0.1, 0.15) is 57.3 Å². The molecule has 2 heterocycles. The second-order valence-corrected chi connectivity index (χ2v) is 7.14. The summed E-state index contributed by atoms with van der Waals surface area (Å²) in [5.74, 6) is 1.18. The van der Waals surface area contributed by atoms with Gasteiger partial charge in [-0.1, -0.05) is 5.16 Å². The number of aliphatic imine (C=N–C) groups is 1. The van der Waals surface area contributed by atoms with Gasteiger partial charge < -0.3 is 19.9 Å². The van der Waals surface area contributed by atoms with Gasteiger partial charge in [0, 0.05) is 19.2 Å². The number of hydrogen-bond donors (Lipinski definition) is 2. The third kappa shape index (κ3) is 5.29. The zero-order valence-corrected chi connectivity index (χ0v) is 17.5. The molecule has 0 aliphatic carbocycles. The van der Waals surface area contributed by atoms with Crippen LogP contribution >= 0.6 is 11.3 Å². The van der Waals surface area contributed by atoms with Crippen molar-refractivity contribution in [1.82, 2.24) is 20.8 Å². The number of aryl methyl sites for hydroxylation is 3. The zero-order chi connectivity index (χ0) is 20.0. The summed E-state index contributed by atoms with van der Waals surface area (Å²) < 4.78 is 10.3. The fraction of sp³-hybridized carbons (Fsp3) is 0.556. The molecule has 2 aromatic heterocycles. The average molecular weight is 394 g/mol. The molecular formula is C18H27N5O3S. The van der Waals surface area contributed by atoms with E-state index in [-0.39, 0.29) is 12.0 Å². The summed E-state index contributed by atoms with van der Waals surface area (Å²) in [5, 5.41) is 11.4. The van der Waals surface area contributed by atoms with Crippen LogP contribution in [0.3, 0.4) is 0 Å². The van der Waals surface area contributed by atoms with Crippen LogP contribution in [0.25, 0.3) is 0 Å². The van der Waals surface area contributed by atoms with Gasteiger partial charge >= 0.3 is 5.97 Å². The van der Waals surface area contributed by atoms with Crippen LogP contribution in [0, 0.1) is 20.8 Å². The Bertz CT molecular complexity index is 793. The number of carbonyl (C=O) groups is 1. The topological polar surface area (TPSA) is 102 Å². The third-order valence-electron chi connectivity index (χ3n) is 4.07. The van der Waals surface area contributed by atoms with Gasteiger partial charge in [-0.15, -0.1) is 11.3 Å². The molecule has 0 amide bonds. The van der Waals surface area contributed by atoms with E-state index in [1.807, 2.05) is 27.7 Å². The van der Waals surface area contributed by atoms with Crippen molar-refractivity contribution < 1.29 is 14.1 Å². The maximum Gasteiger partial charge on any atom is 0.350 e.